The third-order valence-corrected chi connectivity index (χ3v) is 5.28. The molecule has 14 nitrogen and oxygen atoms in total. The van der Waals surface area contributed by atoms with Crippen LogP contribution in [-0.4, -0.2) is 75.1 Å². The second-order valence-electron chi connectivity index (χ2n) is 8.77. The van der Waals surface area contributed by atoms with Crippen LogP contribution in [0.4, 0.5) is 0 Å². The molecule has 37 heavy (non-hydrogen) atoms. The summed E-state index contributed by atoms with van der Waals surface area (Å²) in [6.45, 7) is 3.06. The summed E-state index contributed by atoms with van der Waals surface area (Å²) in [7, 11) is 0. The highest BCUT2D eigenvalue weighted by Gasteiger charge is 2.32. The lowest BCUT2D eigenvalue weighted by Crippen LogP contribution is -2.58. The molecule has 4 atom stereocenters. The van der Waals surface area contributed by atoms with Crippen molar-refractivity contribution in [1.82, 2.24) is 16.0 Å². The molecular weight excluding hydrogens is 490 g/mol. The van der Waals surface area contributed by atoms with Crippen LogP contribution in [0.2, 0.25) is 0 Å². The van der Waals surface area contributed by atoms with Crippen LogP contribution in [0.5, 0.6) is 5.75 Å². The van der Waals surface area contributed by atoms with Gasteiger partial charge in [0, 0.05) is 6.42 Å². The predicted octanol–water partition coefficient (Wildman–Crippen LogP) is -1.80. The van der Waals surface area contributed by atoms with Gasteiger partial charge in [-0.05, 0) is 36.5 Å². The number of carbonyl (C=O) groups excluding carboxylic acids is 4. The fraction of sp³-hybridized carbons (Fsp3) is 0.478. The maximum absolute atomic E-state index is 12.9. The van der Waals surface area contributed by atoms with Crippen LogP contribution in [0.3, 0.4) is 0 Å². The van der Waals surface area contributed by atoms with Crippen LogP contribution in [-0.2, 0) is 35.2 Å². The number of rotatable bonds is 15. The number of hydrogen-bond donors (Lipinski definition) is 8. The summed E-state index contributed by atoms with van der Waals surface area (Å²) in [5, 5.41) is 34.6. The molecular formula is C23H33N5O9. The summed E-state index contributed by atoms with van der Waals surface area (Å²) in [6.07, 6.45) is -1.43. The monoisotopic (exact) mass is 523 g/mol. The number of carboxylic acids is 2. The molecule has 204 valence electrons. The molecule has 10 N–H and O–H groups in total. The van der Waals surface area contributed by atoms with E-state index >= 15 is 0 Å². The van der Waals surface area contributed by atoms with Crippen LogP contribution in [0.15, 0.2) is 24.3 Å². The average molecular weight is 524 g/mol. The SMILES string of the molecule is CC(C)C(NC(=O)C(CC(=O)O)NC(=O)C(CCC(N)=O)NC(=O)C(N)Cc1ccc(O)cc1)C(=O)O. The number of phenolic OH excluding ortho intramolecular Hbond substituents is 1. The summed E-state index contributed by atoms with van der Waals surface area (Å²) in [5.74, 6) is -6.92. The number of aliphatic carboxylic acids is 2. The van der Waals surface area contributed by atoms with Crippen molar-refractivity contribution in [2.24, 2.45) is 17.4 Å². The first-order valence-electron chi connectivity index (χ1n) is 11.4. The molecule has 0 saturated heterocycles. The van der Waals surface area contributed by atoms with Gasteiger partial charge < -0.3 is 42.7 Å². The smallest absolute Gasteiger partial charge is 0.326 e. The molecule has 0 bridgehead atoms. The van der Waals surface area contributed by atoms with Gasteiger partial charge in [-0.2, -0.15) is 0 Å². The first kappa shape index (κ1) is 30.8. The van der Waals surface area contributed by atoms with Gasteiger partial charge in [0.25, 0.3) is 0 Å². The first-order chi connectivity index (χ1) is 17.2. The van der Waals surface area contributed by atoms with Crippen LogP contribution < -0.4 is 27.4 Å². The van der Waals surface area contributed by atoms with Crippen LogP contribution >= 0.6 is 0 Å². The van der Waals surface area contributed by atoms with Crippen molar-refractivity contribution in [3.63, 3.8) is 0 Å². The highest BCUT2D eigenvalue weighted by molar-refractivity contribution is 5.95. The third kappa shape index (κ3) is 10.9. The predicted molar refractivity (Wildman–Crippen MR) is 129 cm³/mol. The third-order valence-electron chi connectivity index (χ3n) is 5.28. The maximum Gasteiger partial charge on any atom is 0.326 e. The topological polar surface area (TPSA) is 251 Å². The maximum atomic E-state index is 12.9. The minimum absolute atomic E-state index is 0.0213. The normalized spacial score (nSPS) is 14.1. The lowest BCUT2D eigenvalue weighted by molar-refractivity contribution is -0.144. The Morgan fingerprint density at radius 3 is 1.89 bits per heavy atom. The van der Waals surface area contributed by atoms with Crippen molar-refractivity contribution in [2.45, 2.75) is 63.7 Å². The Hall–Kier alpha value is -4.20. The number of nitrogens with two attached hydrogens (primary N) is 2. The van der Waals surface area contributed by atoms with Crippen molar-refractivity contribution >= 4 is 35.6 Å². The summed E-state index contributed by atoms with van der Waals surface area (Å²) in [4.78, 5) is 72.2. The van der Waals surface area contributed by atoms with E-state index < -0.39 is 72.1 Å². The van der Waals surface area contributed by atoms with Crippen molar-refractivity contribution in [3.8, 4) is 5.75 Å². The number of carboxylic acid groups (broad SMARTS) is 2. The van der Waals surface area contributed by atoms with E-state index in [2.05, 4.69) is 16.0 Å². The Bertz CT molecular complexity index is 997. The van der Waals surface area contributed by atoms with Crippen LogP contribution in [0.1, 0.15) is 38.7 Å². The molecule has 0 spiro atoms. The molecule has 0 heterocycles. The van der Waals surface area contributed by atoms with E-state index in [1.165, 1.54) is 26.0 Å². The van der Waals surface area contributed by atoms with E-state index in [0.29, 0.717) is 5.56 Å². The van der Waals surface area contributed by atoms with Crippen molar-refractivity contribution in [3.05, 3.63) is 29.8 Å². The Labute approximate surface area is 212 Å². The van der Waals surface area contributed by atoms with E-state index in [1.54, 1.807) is 12.1 Å². The van der Waals surface area contributed by atoms with Gasteiger partial charge in [-0.1, -0.05) is 26.0 Å². The lowest BCUT2D eigenvalue weighted by atomic mass is 10.0. The summed E-state index contributed by atoms with van der Waals surface area (Å²) >= 11 is 0. The zero-order chi connectivity index (χ0) is 28.3. The van der Waals surface area contributed by atoms with E-state index in [1.807, 2.05) is 0 Å². The lowest BCUT2D eigenvalue weighted by Gasteiger charge is -2.25. The number of primary amides is 1. The van der Waals surface area contributed by atoms with E-state index in [0.717, 1.165) is 0 Å². The fourth-order valence-corrected chi connectivity index (χ4v) is 3.24. The molecule has 0 aromatic heterocycles. The average Bonchev–Trinajstić information content (AvgIpc) is 2.79. The number of hydrogen-bond acceptors (Lipinski definition) is 8. The zero-order valence-corrected chi connectivity index (χ0v) is 20.5. The Morgan fingerprint density at radius 2 is 1.41 bits per heavy atom. The van der Waals surface area contributed by atoms with Crippen molar-refractivity contribution in [2.75, 3.05) is 0 Å². The first-order valence-corrected chi connectivity index (χ1v) is 11.4. The van der Waals surface area contributed by atoms with E-state index in [9.17, 15) is 44.1 Å². The Morgan fingerprint density at radius 1 is 0.865 bits per heavy atom. The summed E-state index contributed by atoms with van der Waals surface area (Å²) in [6, 6.07) is 0.361. The van der Waals surface area contributed by atoms with Crippen LogP contribution in [0.25, 0.3) is 0 Å². The quantitative estimate of drug-likeness (QED) is 0.128. The van der Waals surface area contributed by atoms with Crippen molar-refractivity contribution < 1.29 is 44.1 Å². The second-order valence-corrected chi connectivity index (χ2v) is 8.77. The van der Waals surface area contributed by atoms with Crippen molar-refractivity contribution in [1.29, 1.82) is 0 Å². The Kier molecular flexibility index (Phi) is 12.0. The van der Waals surface area contributed by atoms with Gasteiger partial charge in [0.2, 0.25) is 23.6 Å². The molecule has 1 aromatic carbocycles. The van der Waals surface area contributed by atoms with E-state index in [-0.39, 0.29) is 25.0 Å². The molecule has 0 aliphatic rings. The number of benzene rings is 1. The van der Waals surface area contributed by atoms with Crippen LogP contribution in [0, 0.1) is 5.92 Å². The number of amides is 4. The van der Waals surface area contributed by atoms with Gasteiger partial charge in [0.05, 0.1) is 12.5 Å². The molecule has 0 fully saturated rings. The standard InChI is InChI=1S/C23H33N5O9/c1-11(2)19(23(36)37)28-22(35)16(10-18(31)32)27-21(34)15(7-8-17(25)30)26-20(33)14(24)9-12-3-5-13(29)6-4-12/h3-6,11,14-16,19,29H,7-10,24H2,1-2H3,(H2,25,30)(H,26,33)(H,27,34)(H,28,35)(H,31,32)(H,36,37). The minimum atomic E-state index is -1.68. The molecule has 14 heteroatoms. The minimum Gasteiger partial charge on any atom is -0.508 e. The highest BCUT2D eigenvalue weighted by Crippen LogP contribution is 2.11. The van der Waals surface area contributed by atoms with Gasteiger partial charge >= 0.3 is 11.9 Å². The molecule has 0 aliphatic carbocycles. The van der Waals surface area contributed by atoms with Gasteiger partial charge in [-0.15, -0.1) is 0 Å². The van der Waals surface area contributed by atoms with Gasteiger partial charge in [-0.25, -0.2) is 4.79 Å². The number of nitrogens with one attached hydrogen (secondary N) is 3. The number of carbonyl (C=O) groups is 6. The molecule has 1 rings (SSSR count). The Balaban J connectivity index is 3.01. The summed E-state index contributed by atoms with van der Waals surface area (Å²) < 4.78 is 0. The molecule has 1 aromatic rings. The second kappa shape index (κ2) is 14.4. The van der Waals surface area contributed by atoms with Gasteiger partial charge in [-0.3, -0.25) is 24.0 Å². The highest BCUT2D eigenvalue weighted by atomic mass is 16.4. The van der Waals surface area contributed by atoms with Gasteiger partial charge in [0.1, 0.15) is 23.9 Å². The fourth-order valence-electron chi connectivity index (χ4n) is 3.24. The van der Waals surface area contributed by atoms with E-state index in [4.69, 9.17) is 11.5 Å². The molecule has 0 saturated carbocycles. The molecule has 0 aliphatic heterocycles. The molecule has 4 unspecified atom stereocenters. The molecule has 4 amide bonds. The number of aromatic hydroxyl groups is 1. The largest absolute Gasteiger partial charge is 0.508 e. The summed E-state index contributed by atoms with van der Waals surface area (Å²) in [5.41, 5.74) is 11.7. The zero-order valence-electron chi connectivity index (χ0n) is 20.5. The van der Waals surface area contributed by atoms with Gasteiger partial charge in [0.15, 0.2) is 0 Å². The molecule has 0 radical (unpaired) electrons. The number of phenols is 1.